The van der Waals surface area contributed by atoms with E-state index < -0.39 is 12.0 Å². The van der Waals surface area contributed by atoms with Crippen LogP contribution in [0.15, 0.2) is 36.9 Å². The molecule has 1 atom stereocenters. The number of hydrogen-bond donors (Lipinski definition) is 1. The zero-order valence-electron chi connectivity index (χ0n) is 8.24. The summed E-state index contributed by atoms with van der Waals surface area (Å²) in [4.78, 5) is 11.1. The molecule has 0 amide bonds. The van der Waals surface area contributed by atoms with Crippen LogP contribution in [0.5, 0.6) is 0 Å². The first-order chi connectivity index (χ1) is 7.18. The molecule has 5 nitrogen and oxygen atoms in total. The Kier molecular flexibility index (Phi) is 2.29. The van der Waals surface area contributed by atoms with E-state index in [1.54, 1.807) is 53.2 Å². The molecule has 1 unspecified atom stereocenters. The molecule has 5 heteroatoms. The number of carboxylic acid groups (broad SMARTS) is 1. The van der Waals surface area contributed by atoms with Crippen molar-refractivity contribution in [2.45, 2.75) is 6.04 Å². The zero-order valence-corrected chi connectivity index (χ0v) is 8.24. The molecule has 0 fully saturated rings. The topological polar surface area (TPSA) is 60.1 Å². The van der Waals surface area contributed by atoms with Crippen molar-refractivity contribution in [1.82, 2.24) is 14.3 Å². The fourth-order valence-corrected chi connectivity index (χ4v) is 1.54. The van der Waals surface area contributed by atoms with Gasteiger partial charge in [0.1, 0.15) is 0 Å². The van der Waals surface area contributed by atoms with Crippen LogP contribution >= 0.6 is 0 Å². The van der Waals surface area contributed by atoms with Gasteiger partial charge in [0.2, 0.25) is 0 Å². The van der Waals surface area contributed by atoms with E-state index >= 15 is 0 Å². The Morgan fingerprint density at radius 3 is 2.60 bits per heavy atom. The van der Waals surface area contributed by atoms with Gasteiger partial charge in [0, 0.05) is 31.2 Å². The molecule has 2 heterocycles. The van der Waals surface area contributed by atoms with Crippen molar-refractivity contribution in [3.63, 3.8) is 0 Å². The Morgan fingerprint density at radius 2 is 2.13 bits per heavy atom. The maximum absolute atomic E-state index is 11.1. The summed E-state index contributed by atoms with van der Waals surface area (Å²) >= 11 is 0. The van der Waals surface area contributed by atoms with Crippen molar-refractivity contribution >= 4 is 5.97 Å². The lowest BCUT2D eigenvalue weighted by Crippen LogP contribution is -2.18. The molecule has 2 aromatic rings. The van der Waals surface area contributed by atoms with Gasteiger partial charge < -0.3 is 9.67 Å². The number of rotatable bonds is 3. The largest absolute Gasteiger partial charge is 0.479 e. The molecule has 0 aliphatic rings. The first-order valence-electron chi connectivity index (χ1n) is 4.52. The third kappa shape index (κ3) is 1.76. The smallest absolute Gasteiger partial charge is 0.331 e. The van der Waals surface area contributed by atoms with E-state index in [0.29, 0.717) is 5.56 Å². The third-order valence-electron chi connectivity index (χ3n) is 2.20. The number of carboxylic acids is 1. The van der Waals surface area contributed by atoms with E-state index in [2.05, 4.69) is 5.10 Å². The average molecular weight is 205 g/mol. The lowest BCUT2D eigenvalue weighted by atomic mass is 10.1. The fourth-order valence-electron chi connectivity index (χ4n) is 1.54. The summed E-state index contributed by atoms with van der Waals surface area (Å²) in [6.07, 6.45) is 6.73. The van der Waals surface area contributed by atoms with Crippen LogP contribution < -0.4 is 0 Å². The summed E-state index contributed by atoms with van der Waals surface area (Å²) in [5, 5.41) is 13.1. The molecule has 2 aromatic heterocycles. The Labute approximate surface area is 86.6 Å². The van der Waals surface area contributed by atoms with Crippen LogP contribution in [-0.2, 0) is 11.8 Å². The van der Waals surface area contributed by atoms with E-state index in [1.807, 2.05) is 0 Å². The summed E-state index contributed by atoms with van der Waals surface area (Å²) in [6, 6.07) is 2.90. The van der Waals surface area contributed by atoms with Crippen molar-refractivity contribution in [3.05, 3.63) is 42.5 Å². The summed E-state index contributed by atoms with van der Waals surface area (Å²) in [7, 11) is 1.76. The molecule has 0 bridgehead atoms. The number of hydrogen-bond acceptors (Lipinski definition) is 2. The van der Waals surface area contributed by atoms with Crippen LogP contribution in [0.4, 0.5) is 0 Å². The third-order valence-corrected chi connectivity index (χ3v) is 2.20. The standard InChI is InChI=1S/C10H11N3O2/c1-12-7-8(6-11-12)9(10(14)15)13-4-2-3-5-13/h2-7,9H,1H3,(H,14,15). The summed E-state index contributed by atoms with van der Waals surface area (Å²) < 4.78 is 3.23. The molecular weight excluding hydrogens is 194 g/mol. The van der Waals surface area contributed by atoms with Gasteiger partial charge in [-0.1, -0.05) is 0 Å². The van der Waals surface area contributed by atoms with E-state index in [9.17, 15) is 4.79 Å². The summed E-state index contributed by atoms with van der Waals surface area (Å²) in [5.41, 5.74) is 0.668. The SMILES string of the molecule is Cn1cc(C(C(=O)O)n2cccc2)cn1. The highest BCUT2D eigenvalue weighted by Gasteiger charge is 2.22. The van der Waals surface area contributed by atoms with Crippen LogP contribution in [0, 0.1) is 0 Å². The first kappa shape index (κ1) is 9.51. The fraction of sp³-hybridized carbons (Fsp3) is 0.200. The van der Waals surface area contributed by atoms with E-state index in [4.69, 9.17) is 5.11 Å². The van der Waals surface area contributed by atoms with Crippen LogP contribution in [0.25, 0.3) is 0 Å². The van der Waals surface area contributed by atoms with Gasteiger partial charge >= 0.3 is 5.97 Å². The summed E-state index contributed by atoms with van der Waals surface area (Å²) in [5.74, 6) is -0.890. The molecule has 0 saturated heterocycles. The number of aromatic nitrogens is 3. The molecule has 2 rings (SSSR count). The zero-order chi connectivity index (χ0) is 10.8. The highest BCUT2D eigenvalue weighted by molar-refractivity contribution is 5.75. The van der Waals surface area contributed by atoms with Gasteiger partial charge in [-0.3, -0.25) is 4.68 Å². The van der Waals surface area contributed by atoms with Gasteiger partial charge in [-0.15, -0.1) is 0 Å². The minimum Gasteiger partial charge on any atom is -0.479 e. The molecule has 0 aliphatic heterocycles. The normalized spacial score (nSPS) is 12.6. The van der Waals surface area contributed by atoms with Gasteiger partial charge in [-0.05, 0) is 12.1 Å². The van der Waals surface area contributed by atoms with Gasteiger partial charge in [0.05, 0.1) is 6.20 Å². The second kappa shape index (κ2) is 3.61. The molecule has 15 heavy (non-hydrogen) atoms. The second-order valence-electron chi connectivity index (χ2n) is 3.32. The van der Waals surface area contributed by atoms with Crippen molar-refractivity contribution in [2.24, 2.45) is 7.05 Å². The summed E-state index contributed by atoms with van der Waals surface area (Å²) in [6.45, 7) is 0. The highest BCUT2D eigenvalue weighted by Crippen LogP contribution is 2.17. The number of carbonyl (C=O) groups is 1. The molecule has 1 N–H and O–H groups in total. The lowest BCUT2D eigenvalue weighted by molar-refractivity contribution is -0.139. The molecule has 0 radical (unpaired) electrons. The quantitative estimate of drug-likeness (QED) is 0.809. The first-order valence-corrected chi connectivity index (χ1v) is 4.52. The van der Waals surface area contributed by atoms with E-state index in [-0.39, 0.29) is 0 Å². The minimum absolute atomic E-state index is 0.668. The maximum atomic E-state index is 11.1. The molecule has 0 aliphatic carbocycles. The van der Waals surface area contributed by atoms with E-state index in [0.717, 1.165) is 0 Å². The highest BCUT2D eigenvalue weighted by atomic mass is 16.4. The van der Waals surface area contributed by atoms with Gasteiger partial charge in [0.15, 0.2) is 6.04 Å². The Hall–Kier alpha value is -2.04. The Morgan fingerprint density at radius 1 is 1.47 bits per heavy atom. The Balaban J connectivity index is 2.41. The van der Waals surface area contributed by atoms with Crippen molar-refractivity contribution in [1.29, 1.82) is 0 Å². The number of nitrogens with zero attached hydrogens (tertiary/aromatic N) is 3. The predicted octanol–water partition coefficient (Wildman–Crippen LogP) is 0.896. The molecular formula is C10H11N3O2. The Bertz CT molecular complexity index is 459. The van der Waals surface area contributed by atoms with Gasteiger partial charge in [0.25, 0.3) is 0 Å². The van der Waals surface area contributed by atoms with E-state index in [1.165, 1.54) is 0 Å². The maximum Gasteiger partial charge on any atom is 0.331 e. The molecule has 0 spiro atoms. The van der Waals surface area contributed by atoms with Crippen molar-refractivity contribution in [2.75, 3.05) is 0 Å². The van der Waals surface area contributed by atoms with Crippen molar-refractivity contribution < 1.29 is 9.90 Å². The predicted molar refractivity (Wildman–Crippen MR) is 53.4 cm³/mol. The van der Waals surface area contributed by atoms with Gasteiger partial charge in [-0.2, -0.15) is 5.10 Å². The molecule has 0 saturated carbocycles. The van der Waals surface area contributed by atoms with Gasteiger partial charge in [-0.25, -0.2) is 4.79 Å². The molecule has 78 valence electrons. The van der Waals surface area contributed by atoms with Crippen LogP contribution in [0.3, 0.4) is 0 Å². The van der Waals surface area contributed by atoms with Crippen molar-refractivity contribution in [3.8, 4) is 0 Å². The van der Waals surface area contributed by atoms with Crippen LogP contribution in [-0.4, -0.2) is 25.4 Å². The second-order valence-corrected chi connectivity index (χ2v) is 3.32. The average Bonchev–Trinajstić information content (AvgIpc) is 2.77. The minimum atomic E-state index is -0.890. The molecule has 0 aromatic carbocycles. The lowest BCUT2D eigenvalue weighted by Gasteiger charge is -2.11. The number of aliphatic carboxylic acids is 1. The van der Waals surface area contributed by atoms with Crippen LogP contribution in [0.1, 0.15) is 11.6 Å². The van der Waals surface area contributed by atoms with Crippen LogP contribution in [0.2, 0.25) is 0 Å². The number of aryl methyl sites for hydroxylation is 1. The monoisotopic (exact) mass is 205 g/mol.